The van der Waals surface area contributed by atoms with Crippen LogP contribution in [0.25, 0.3) is 0 Å². The second kappa shape index (κ2) is 2.36. The SMILES string of the molecule is Cn1nnn(N)/c1=N/[N+](=O)[O-]. The summed E-state index contributed by atoms with van der Waals surface area (Å²) in [5.41, 5.74) is -0.130. The largest absolute Gasteiger partial charge is 0.336 e. The Kier molecular flexibility index (Phi) is 1.54. The number of tetrazole rings is 1. The molecule has 1 aromatic heterocycles. The van der Waals surface area contributed by atoms with E-state index in [9.17, 15) is 10.1 Å². The first kappa shape index (κ1) is 7.18. The molecule has 1 heterocycles. The molecule has 2 N–H and O–H groups in total. The number of aryl methyl sites for hydroxylation is 1. The molecular formula is C2H5N7O2. The quantitative estimate of drug-likeness (QED) is 0.274. The summed E-state index contributed by atoms with van der Waals surface area (Å²) in [6.45, 7) is 0. The number of hydrogen-bond donors (Lipinski definition) is 1. The smallest absolute Gasteiger partial charge is 0.318 e. The Bertz CT molecular complexity index is 310. The van der Waals surface area contributed by atoms with Crippen LogP contribution in [0.5, 0.6) is 0 Å². The van der Waals surface area contributed by atoms with Crippen LogP contribution in [0.3, 0.4) is 0 Å². The van der Waals surface area contributed by atoms with Gasteiger partial charge in [0.1, 0.15) is 5.10 Å². The third kappa shape index (κ3) is 1.31. The number of nitrogen functional groups attached to an aromatic ring is 1. The van der Waals surface area contributed by atoms with Crippen molar-refractivity contribution < 1.29 is 5.03 Å². The molecule has 0 aliphatic heterocycles. The highest BCUT2D eigenvalue weighted by molar-refractivity contribution is 4.48. The number of nitrogens with zero attached hydrogens (tertiary/aromatic N) is 6. The van der Waals surface area contributed by atoms with E-state index in [-0.39, 0.29) is 5.62 Å². The lowest BCUT2D eigenvalue weighted by Crippen LogP contribution is -2.31. The Morgan fingerprint density at radius 2 is 2.36 bits per heavy atom. The van der Waals surface area contributed by atoms with Crippen LogP contribution in [0, 0.1) is 10.1 Å². The van der Waals surface area contributed by atoms with Crippen LogP contribution < -0.4 is 11.5 Å². The number of hydrogen-bond acceptors (Lipinski definition) is 5. The average molecular weight is 159 g/mol. The van der Waals surface area contributed by atoms with Gasteiger partial charge >= 0.3 is 5.62 Å². The van der Waals surface area contributed by atoms with E-state index in [0.29, 0.717) is 4.79 Å². The zero-order chi connectivity index (χ0) is 8.43. The molecule has 0 aromatic carbocycles. The summed E-state index contributed by atoms with van der Waals surface area (Å²) >= 11 is 0. The van der Waals surface area contributed by atoms with Crippen molar-refractivity contribution in [3.8, 4) is 0 Å². The number of aromatic nitrogens is 4. The van der Waals surface area contributed by atoms with Gasteiger partial charge in [-0.15, -0.1) is 4.79 Å². The van der Waals surface area contributed by atoms with Crippen LogP contribution in [0.1, 0.15) is 0 Å². The van der Waals surface area contributed by atoms with Gasteiger partial charge in [-0.25, -0.2) is 14.8 Å². The van der Waals surface area contributed by atoms with Crippen LogP contribution in [-0.2, 0) is 7.05 Å². The summed E-state index contributed by atoms with van der Waals surface area (Å²) in [6, 6.07) is 0. The molecule has 60 valence electrons. The fourth-order valence-corrected chi connectivity index (χ4v) is 0.515. The molecule has 0 bridgehead atoms. The summed E-state index contributed by atoms with van der Waals surface area (Å²) in [5.74, 6) is 5.11. The van der Waals surface area contributed by atoms with Gasteiger partial charge in [0.25, 0.3) is 0 Å². The first-order valence-corrected chi connectivity index (χ1v) is 2.54. The summed E-state index contributed by atoms with van der Waals surface area (Å²) in [7, 11) is 1.44. The van der Waals surface area contributed by atoms with Crippen molar-refractivity contribution in [3.63, 3.8) is 0 Å². The highest BCUT2D eigenvalue weighted by atomic mass is 16.7. The number of rotatable bonds is 1. The number of nitro groups is 1. The topological polar surface area (TPSA) is 117 Å². The molecular weight excluding hydrogens is 154 g/mol. The third-order valence-electron chi connectivity index (χ3n) is 0.936. The van der Waals surface area contributed by atoms with Crippen LogP contribution in [-0.4, -0.2) is 24.9 Å². The molecule has 11 heavy (non-hydrogen) atoms. The fourth-order valence-electron chi connectivity index (χ4n) is 0.515. The fraction of sp³-hybridized carbons (Fsp3) is 0.500. The maximum atomic E-state index is 9.87. The van der Waals surface area contributed by atoms with Gasteiger partial charge in [0.15, 0.2) is 5.03 Å². The summed E-state index contributed by atoms with van der Waals surface area (Å²) in [5, 5.41) is 18.6. The second-order valence-corrected chi connectivity index (χ2v) is 1.68. The van der Waals surface area contributed by atoms with Crippen molar-refractivity contribution >= 4 is 0 Å². The monoisotopic (exact) mass is 159 g/mol. The predicted molar refractivity (Wildman–Crippen MR) is 31.7 cm³/mol. The maximum absolute atomic E-state index is 9.87. The molecule has 1 aromatic rings. The van der Waals surface area contributed by atoms with E-state index in [4.69, 9.17) is 5.84 Å². The van der Waals surface area contributed by atoms with Crippen LogP contribution >= 0.6 is 0 Å². The number of nitrogens with two attached hydrogens (primary N) is 1. The Balaban J connectivity index is 3.31. The standard InChI is InChI=1S/C2H5N7O2/c1-7-2(4-9(10)11)8(3)6-5-7/h3H2,1H3/b4-2+. The molecule has 0 amide bonds. The van der Waals surface area contributed by atoms with E-state index in [0.717, 1.165) is 4.68 Å². The van der Waals surface area contributed by atoms with Crippen LogP contribution in [0.15, 0.2) is 5.10 Å². The van der Waals surface area contributed by atoms with Crippen molar-refractivity contribution in [1.82, 2.24) is 19.9 Å². The highest BCUT2D eigenvalue weighted by Gasteiger charge is 2.00. The molecule has 0 unspecified atom stereocenters. The Labute approximate surface area is 59.8 Å². The molecule has 0 aliphatic carbocycles. The van der Waals surface area contributed by atoms with E-state index < -0.39 is 5.03 Å². The van der Waals surface area contributed by atoms with Crippen LogP contribution in [0.2, 0.25) is 0 Å². The van der Waals surface area contributed by atoms with E-state index in [2.05, 4.69) is 15.5 Å². The molecule has 0 atom stereocenters. The lowest BCUT2D eigenvalue weighted by Gasteiger charge is -1.82. The molecule has 0 aliphatic rings. The van der Waals surface area contributed by atoms with Gasteiger partial charge in [0.05, 0.1) is 0 Å². The zero-order valence-electron chi connectivity index (χ0n) is 5.58. The van der Waals surface area contributed by atoms with Gasteiger partial charge in [0, 0.05) is 7.05 Å². The van der Waals surface area contributed by atoms with Crippen molar-refractivity contribution in [2.24, 2.45) is 12.1 Å². The van der Waals surface area contributed by atoms with E-state index >= 15 is 0 Å². The molecule has 0 saturated heterocycles. The van der Waals surface area contributed by atoms with Gasteiger partial charge in [-0.2, -0.15) is 0 Å². The molecule has 9 heteroatoms. The van der Waals surface area contributed by atoms with Crippen molar-refractivity contribution in [1.29, 1.82) is 0 Å². The Hall–Kier alpha value is -1.93. The van der Waals surface area contributed by atoms with Crippen molar-refractivity contribution in [2.45, 2.75) is 0 Å². The van der Waals surface area contributed by atoms with Crippen molar-refractivity contribution in [3.05, 3.63) is 15.7 Å². The molecule has 0 saturated carbocycles. The van der Waals surface area contributed by atoms with Crippen LogP contribution in [0.4, 0.5) is 0 Å². The van der Waals surface area contributed by atoms with Gasteiger partial charge in [0.2, 0.25) is 0 Å². The normalized spacial score (nSPS) is 11.9. The molecule has 0 fully saturated rings. The van der Waals surface area contributed by atoms with Gasteiger partial charge in [-0.1, -0.05) is 0 Å². The summed E-state index contributed by atoms with van der Waals surface area (Å²) in [4.78, 5) is 10.6. The lowest BCUT2D eigenvalue weighted by atomic mass is 11.1. The Morgan fingerprint density at radius 3 is 2.73 bits per heavy atom. The van der Waals surface area contributed by atoms with Gasteiger partial charge < -0.3 is 5.84 Å². The Morgan fingerprint density at radius 1 is 1.73 bits per heavy atom. The zero-order valence-corrected chi connectivity index (χ0v) is 5.58. The molecule has 0 radical (unpaired) electrons. The van der Waals surface area contributed by atoms with E-state index in [1.54, 1.807) is 0 Å². The molecule has 0 spiro atoms. The summed E-state index contributed by atoms with van der Waals surface area (Å²) < 4.78 is 1.09. The average Bonchev–Trinajstić information content (AvgIpc) is 2.18. The minimum Gasteiger partial charge on any atom is -0.318 e. The van der Waals surface area contributed by atoms with E-state index in [1.807, 2.05) is 0 Å². The first-order valence-electron chi connectivity index (χ1n) is 2.54. The lowest BCUT2D eigenvalue weighted by molar-refractivity contribution is -0.491. The van der Waals surface area contributed by atoms with E-state index in [1.165, 1.54) is 7.05 Å². The van der Waals surface area contributed by atoms with Crippen molar-refractivity contribution in [2.75, 3.05) is 5.84 Å². The third-order valence-corrected chi connectivity index (χ3v) is 0.936. The first-order chi connectivity index (χ1) is 5.11. The minimum absolute atomic E-state index is 0.130. The molecule has 9 nitrogen and oxygen atoms in total. The second-order valence-electron chi connectivity index (χ2n) is 1.68. The predicted octanol–water partition coefficient (Wildman–Crippen LogP) is -2.58. The summed E-state index contributed by atoms with van der Waals surface area (Å²) in [6.07, 6.45) is 0. The highest BCUT2D eigenvalue weighted by Crippen LogP contribution is 1.65. The van der Waals surface area contributed by atoms with Gasteiger partial charge in [-0.05, 0) is 10.4 Å². The molecule has 1 rings (SSSR count). The van der Waals surface area contributed by atoms with Gasteiger partial charge in [-0.3, -0.25) is 0 Å². The minimum atomic E-state index is -0.873. The maximum Gasteiger partial charge on any atom is 0.336 e.